The number of hydrogen-bond donors (Lipinski definition) is 0. The van der Waals surface area contributed by atoms with E-state index in [4.69, 9.17) is 11.6 Å². The maximum absolute atomic E-state index is 13.0. The Bertz CT molecular complexity index is 916. The van der Waals surface area contributed by atoms with E-state index in [9.17, 15) is 18.4 Å². The standard InChI is InChI=1S/C22H26ClF2N3O2/c1-14-19(28(13-26-14)12-21(24)25)11-20(29)15-5-4-8-18(10-15)27(2)22(30)16-6-3-7-17(23)9-16/h3,6-7,9,13,15,18,21H,4-5,8,10-12H2,1-2H3/t15-,18+/m0/s1. The fourth-order valence-corrected chi connectivity index (χ4v) is 4.34. The Labute approximate surface area is 180 Å². The van der Waals surface area contributed by atoms with Crippen LogP contribution in [0, 0.1) is 12.8 Å². The molecule has 1 aliphatic carbocycles. The Morgan fingerprint density at radius 3 is 2.80 bits per heavy atom. The van der Waals surface area contributed by atoms with Gasteiger partial charge in [-0.15, -0.1) is 0 Å². The zero-order valence-corrected chi connectivity index (χ0v) is 17.9. The van der Waals surface area contributed by atoms with Crippen molar-refractivity contribution in [2.75, 3.05) is 7.05 Å². The normalized spacial score (nSPS) is 19.1. The van der Waals surface area contributed by atoms with Gasteiger partial charge in [0, 0.05) is 41.7 Å². The van der Waals surface area contributed by atoms with E-state index in [1.54, 1.807) is 43.1 Å². The van der Waals surface area contributed by atoms with Gasteiger partial charge in [-0.1, -0.05) is 24.1 Å². The molecule has 1 aromatic heterocycles. The summed E-state index contributed by atoms with van der Waals surface area (Å²) in [6, 6.07) is 6.77. The maximum Gasteiger partial charge on any atom is 0.256 e. The van der Waals surface area contributed by atoms with Crippen molar-refractivity contribution in [1.82, 2.24) is 14.5 Å². The second-order valence-corrected chi connectivity index (χ2v) is 8.34. The summed E-state index contributed by atoms with van der Waals surface area (Å²) in [5.74, 6) is -0.309. The summed E-state index contributed by atoms with van der Waals surface area (Å²) in [5.41, 5.74) is 1.67. The van der Waals surface area contributed by atoms with Gasteiger partial charge in [0.15, 0.2) is 0 Å². The number of benzene rings is 1. The monoisotopic (exact) mass is 437 g/mol. The van der Waals surface area contributed by atoms with Crippen LogP contribution >= 0.6 is 11.6 Å². The molecule has 0 bridgehead atoms. The van der Waals surface area contributed by atoms with Crippen molar-refractivity contribution in [3.05, 3.63) is 52.6 Å². The van der Waals surface area contributed by atoms with Crippen LogP contribution in [0.25, 0.3) is 0 Å². The average molecular weight is 438 g/mol. The highest BCUT2D eigenvalue weighted by Gasteiger charge is 2.32. The molecule has 162 valence electrons. The number of aryl methyl sites for hydroxylation is 1. The van der Waals surface area contributed by atoms with Gasteiger partial charge in [-0.2, -0.15) is 0 Å². The molecule has 1 amide bonds. The number of imidazole rings is 1. The average Bonchev–Trinajstić information content (AvgIpc) is 3.05. The lowest BCUT2D eigenvalue weighted by atomic mass is 9.81. The summed E-state index contributed by atoms with van der Waals surface area (Å²) in [6.45, 7) is 1.26. The molecule has 1 aromatic carbocycles. The van der Waals surface area contributed by atoms with Crippen molar-refractivity contribution >= 4 is 23.3 Å². The van der Waals surface area contributed by atoms with Gasteiger partial charge < -0.3 is 9.47 Å². The minimum absolute atomic E-state index is 0.0161. The van der Waals surface area contributed by atoms with Crippen LogP contribution in [-0.2, 0) is 17.8 Å². The van der Waals surface area contributed by atoms with Gasteiger partial charge in [0.25, 0.3) is 12.3 Å². The van der Waals surface area contributed by atoms with Gasteiger partial charge in [0.2, 0.25) is 0 Å². The van der Waals surface area contributed by atoms with Crippen LogP contribution in [0.2, 0.25) is 5.02 Å². The minimum atomic E-state index is -2.50. The number of ketones is 1. The smallest absolute Gasteiger partial charge is 0.256 e. The lowest BCUT2D eigenvalue weighted by Gasteiger charge is -2.35. The number of halogens is 3. The molecule has 1 heterocycles. The van der Waals surface area contributed by atoms with E-state index < -0.39 is 13.0 Å². The molecule has 2 aromatic rings. The van der Waals surface area contributed by atoms with Crippen LogP contribution in [0.3, 0.4) is 0 Å². The first-order valence-electron chi connectivity index (χ1n) is 10.1. The predicted molar refractivity (Wildman–Crippen MR) is 111 cm³/mol. The van der Waals surface area contributed by atoms with Gasteiger partial charge in [-0.25, -0.2) is 13.8 Å². The van der Waals surface area contributed by atoms with Crippen molar-refractivity contribution in [2.24, 2.45) is 5.92 Å². The zero-order valence-electron chi connectivity index (χ0n) is 17.2. The lowest BCUT2D eigenvalue weighted by Crippen LogP contribution is -2.41. The number of alkyl halides is 2. The fraction of sp³-hybridized carbons (Fsp3) is 0.500. The number of amides is 1. The number of aromatic nitrogens is 2. The summed E-state index contributed by atoms with van der Waals surface area (Å²) in [4.78, 5) is 31.6. The molecule has 2 atom stereocenters. The highest BCUT2D eigenvalue weighted by Crippen LogP contribution is 2.30. The predicted octanol–water partition coefficient (Wildman–Crippen LogP) is 4.55. The molecule has 0 aliphatic heterocycles. The number of rotatable bonds is 7. The number of nitrogens with zero attached hydrogens (tertiary/aromatic N) is 3. The van der Waals surface area contributed by atoms with E-state index in [0.29, 0.717) is 28.4 Å². The molecule has 0 spiro atoms. The highest BCUT2D eigenvalue weighted by atomic mass is 35.5. The molecule has 0 saturated heterocycles. The van der Waals surface area contributed by atoms with Crippen LogP contribution in [0.4, 0.5) is 8.78 Å². The second-order valence-electron chi connectivity index (χ2n) is 7.91. The molecular weight excluding hydrogens is 412 g/mol. The Morgan fingerprint density at radius 2 is 2.10 bits per heavy atom. The third kappa shape index (κ3) is 5.25. The lowest BCUT2D eigenvalue weighted by molar-refractivity contribution is -0.123. The first-order valence-corrected chi connectivity index (χ1v) is 10.5. The third-order valence-corrected chi connectivity index (χ3v) is 6.11. The van der Waals surface area contributed by atoms with Gasteiger partial charge in [-0.3, -0.25) is 9.59 Å². The summed E-state index contributed by atoms with van der Waals surface area (Å²) < 4.78 is 27.0. The molecule has 1 saturated carbocycles. The Kier molecular flexibility index (Phi) is 7.23. The van der Waals surface area contributed by atoms with Crippen molar-refractivity contribution in [2.45, 2.75) is 58.0 Å². The highest BCUT2D eigenvalue weighted by molar-refractivity contribution is 6.30. The molecule has 1 aliphatic rings. The van der Waals surface area contributed by atoms with E-state index >= 15 is 0 Å². The number of Topliss-reactive ketones (excluding diaryl/α,β-unsaturated/α-hetero) is 1. The summed E-state index contributed by atoms with van der Waals surface area (Å²) in [5, 5.41) is 0.502. The number of carbonyl (C=O) groups excluding carboxylic acids is 2. The fourth-order valence-electron chi connectivity index (χ4n) is 4.15. The van der Waals surface area contributed by atoms with E-state index in [1.165, 1.54) is 10.9 Å². The molecule has 5 nitrogen and oxygen atoms in total. The van der Waals surface area contributed by atoms with E-state index in [1.807, 2.05) is 0 Å². The summed E-state index contributed by atoms with van der Waals surface area (Å²) in [6.07, 6.45) is 1.93. The maximum atomic E-state index is 13.0. The van der Waals surface area contributed by atoms with Gasteiger partial charge in [0.05, 0.1) is 18.6 Å². The van der Waals surface area contributed by atoms with E-state index in [-0.39, 0.29) is 30.1 Å². The second kappa shape index (κ2) is 9.69. The number of carbonyl (C=O) groups is 2. The molecule has 0 unspecified atom stereocenters. The molecule has 30 heavy (non-hydrogen) atoms. The summed E-state index contributed by atoms with van der Waals surface area (Å²) in [7, 11) is 1.75. The van der Waals surface area contributed by atoms with Crippen LogP contribution in [0.5, 0.6) is 0 Å². The number of hydrogen-bond acceptors (Lipinski definition) is 3. The Balaban J connectivity index is 1.66. The van der Waals surface area contributed by atoms with Crippen molar-refractivity contribution in [3.63, 3.8) is 0 Å². The molecule has 0 radical (unpaired) electrons. The van der Waals surface area contributed by atoms with Crippen LogP contribution < -0.4 is 0 Å². The van der Waals surface area contributed by atoms with Crippen molar-refractivity contribution in [1.29, 1.82) is 0 Å². The molecule has 3 rings (SSSR count). The first kappa shape index (κ1) is 22.4. The van der Waals surface area contributed by atoms with Crippen LogP contribution in [-0.4, -0.2) is 45.7 Å². The quantitative estimate of drug-likeness (QED) is 0.638. The Hall–Kier alpha value is -2.28. The SMILES string of the molecule is Cc1ncn(CC(F)F)c1CC(=O)[C@H]1CCC[C@@H](N(C)C(=O)c2cccc(Cl)c2)C1. The van der Waals surface area contributed by atoms with Gasteiger partial charge in [-0.05, 0) is 44.4 Å². The summed E-state index contributed by atoms with van der Waals surface area (Å²) >= 11 is 6.00. The van der Waals surface area contributed by atoms with Gasteiger partial charge >= 0.3 is 0 Å². The topological polar surface area (TPSA) is 55.2 Å². The molecule has 1 fully saturated rings. The van der Waals surface area contributed by atoms with Crippen LogP contribution in [0.1, 0.15) is 47.4 Å². The van der Waals surface area contributed by atoms with Crippen LogP contribution in [0.15, 0.2) is 30.6 Å². The minimum Gasteiger partial charge on any atom is -0.339 e. The molecule has 0 N–H and O–H groups in total. The largest absolute Gasteiger partial charge is 0.339 e. The van der Waals surface area contributed by atoms with Gasteiger partial charge in [0.1, 0.15) is 5.78 Å². The van der Waals surface area contributed by atoms with E-state index in [0.717, 1.165) is 19.3 Å². The third-order valence-electron chi connectivity index (χ3n) is 5.87. The van der Waals surface area contributed by atoms with E-state index in [2.05, 4.69) is 4.98 Å². The molecule has 8 heteroatoms. The van der Waals surface area contributed by atoms with Crippen molar-refractivity contribution < 1.29 is 18.4 Å². The molecular formula is C22H26ClF2N3O2. The Morgan fingerprint density at radius 1 is 1.33 bits per heavy atom. The van der Waals surface area contributed by atoms with Crippen molar-refractivity contribution in [3.8, 4) is 0 Å². The first-order chi connectivity index (χ1) is 14.3. The zero-order chi connectivity index (χ0) is 21.8.